The fraction of sp³-hybridized carbons (Fsp3) is 0.480. The largest absolute Gasteiger partial charge is 0.366 e. The Balaban J connectivity index is 1.40. The molecule has 0 spiro atoms. The number of likely N-dealkylation sites (tertiary alicyclic amines) is 1. The van der Waals surface area contributed by atoms with Crippen molar-refractivity contribution in [3.05, 3.63) is 46.9 Å². The summed E-state index contributed by atoms with van der Waals surface area (Å²) in [4.78, 5) is 30.5. The van der Waals surface area contributed by atoms with Gasteiger partial charge in [-0.3, -0.25) is 4.79 Å². The fourth-order valence-electron chi connectivity index (χ4n) is 5.34. The zero-order valence-electron chi connectivity index (χ0n) is 19.4. The molecule has 0 N–H and O–H groups in total. The van der Waals surface area contributed by atoms with E-state index in [-0.39, 0.29) is 11.7 Å². The van der Waals surface area contributed by atoms with Crippen LogP contribution < -0.4 is 9.80 Å². The van der Waals surface area contributed by atoms with Gasteiger partial charge in [-0.25, -0.2) is 14.4 Å². The van der Waals surface area contributed by atoms with E-state index in [0.717, 1.165) is 52.7 Å². The lowest BCUT2D eigenvalue weighted by atomic mass is 9.92. The van der Waals surface area contributed by atoms with Gasteiger partial charge in [0.25, 0.3) is 5.91 Å². The highest BCUT2D eigenvalue weighted by Gasteiger charge is 2.30. The van der Waals surface area contributed by atoms with Gasteiger partial charge in [0.15, 0.2) is 0 Å². The molecule has 2 aliphatic rings. The minimum atomic E-state index is -0.187. The average Bonchev–Trinajstić information content (AvgIpc) is 3.15. The Morgan fingerprint density at radius 3 is 2.39 bits per heavy atom. The second-order valence-corrected chi connectivity index (χ2v) is 10.5. The van der Waals surface area contributed by atoms with Crippen LogP contribution in [0.5, 0.6) is 0 Å². The molecular formula is C25H30FN5OS. The summed E-state index contributed by atoms with van der Waals surface area (Å²) in [5, 5.41) is 0.975. The standard InChI is InChI=1S/C25H30FN5OS/c1-16-12-17(2)14-31(13-16)25(32)22-18(3)21-23(27-15-28-24(21)33-22)30-10-8-29(9-11-30)20-7-5-4-6-19(20)26/h4-7,15-17H,8-14H2,1-3H3. The van der Waals surface area contributed by atoms with E-state index >= 15 is 0 Å². The average molecular weight is 468 g/mol. The van der Waals surface area contributed by atoms with Crippen LogP contribution in [0, 0.1) is 24.6 Å². The molecule has 6 nitrogen and oxygen atoms in total. The van der Waals surface area contributed by atoms with Gasteiger partial charge in [-0.1, -0.05) is 26.0 Å². The van der Waals surface area contributed by atoms with Crippen molar-refractivity contribution in [3.63, 3.8) is 0 Å². The maximum atomic E-state index is 14.2. The van der Waals surface area contributed by atoms with Crippen molar-refractivity contribution in [1.82, 2.24) is 14.9 Å². The van der Waals surface area contributed by atoms with Crippen LogP contribution >= 0.6 is 11.3 Å². The number of amides is 1. The van der Waals surface area contributed by atoms with Crippen molar-refractivity contribution in [1.29, 1.82) is 0 Å². The van der Waals surface area contributed by atoms with Crippen LogP contribution in [0.1, 0.15) is 35.5 Å². The van der Waals surface area contributed by atoms with Gasteiger partial charge >= 0.3 is 0 Å². The van der Waals surface area contributed by atoms with Crippen LogP contribution in [0.25, 0.3) is 10.2 Å². The second-order valence-electron chi connectivity index (χ2n) is 9.52. The Kier molecular flexibility index (Phi) is 5.95. The Hall–Kier alpha value is -2.74. The number of thiophene rings is 1. The monoisotopic (exact) mass is 467 g/mol. The Labute approximate surface area is 198 Å². The smallest absolute Gasteiger partial charge is 0.264 e. The van der Waals surface area contributed by atoms with Crippen molar-refractivity contribution in [2.75, 3.05) is 49.1 Å². The molecule has 2 unspecified atom stereocenters. The topological polar surface area (TPSA) is 52.6 Å². The summed E-state index contributed by atoms with van der Waals surface area (Å²) >= 11 is 1.48. The van der Waals surface area contributed by atoms with E-state index < -0.39 is 0 Å². The van der Waals surface area contributed by atoms with E-state index in [1.54, 1.807) is 12.4 Å². The zero-order chi connectivity index (χ0) is 23.1. The molecule has 2 atom stereocenters. The minimum Gasteiger partial charge on any atom is -0.366 e. The number of nitrogens with zero attached hydrogens (tertiary/aromatic N) is 5. The number of aromatic nitrogens is 2. The predicted octanol–water partition coefficient (Wildman–Crippen LogP) is 4.58. The van der Waals surface area contributed by atoms with Crippen molar-refractivity contribution in [2.24, 2.45) is 11.8 Å². The van der Waals surface area contributed by atoms with E-state index in [4.69, 9.17) is 0 Å². The minimum absolute atomic E-state index is 0.115. The number of anilines is 2. The van der Waals surface area contributed by atoms with Crippen molar-refractivity contribution in [2.45, 2.75) is 27.2 Å². The molecule has 2 aromatic heterocycles. The summed E-state index contributed by atoms with van der Waals surface area (Å²) in [6.45, 7) is 11.0. The lowest BCUT2D eigenvalue weighted by molar-refractivity contribution is 0.0627. The molecule has 0 bridgehead atoms. The summed E-state index contributed by atoms with van der Waals surface area (Å²) in [5.74, 6) is 1.85. The van der Waals surface area contributed by atoms with E-state index in [2.05, 4.69) is 33.6 Å². The Bertz CT molecular complexity index is 1160. The summed E-state index contributed by atoms with van der Waals surface area (Å²) in [6.07, 6.45) is 2.76. The third-order valence-corrected chi connectivity index (χ3v) is 8.02. The van der Waals surface area contributed by atoms with Crippen LogP contribution in [-0.4, -0.2) is 60.0 Å². The molecule has 0 saturated carbocycles. The molecule has 0 radical (unpaired) electrons. The first-order valence-corrected chi connectivity index (χ1v) is 12.5. The normalized spacial score (nSPS) is 21.6. The number of benzene rings is 1. The molecule has 2 fully saturated rings. The maximum Gasteiger partial charge on any atom is 0.264 e. The van der Waals surface area contributed by atoms with Gasteiger partial charge in [0.2, 0.25) is 0 Å². The predicted molar refractivity (Wildman–Crippen MR) is 132 cm³/mol. The molecule has 2 aliphatic heterocycles. The first-order chi connectivity index (χ1) is 15.9. The fourth-order valence-corrected chi connectivity index (χ4v) is 6.45. The number of rotatable bonds is 3. The summed E-state index contributed by atoms with van der Waals surface area (Å²) < 4.78 is 14.2. The van der Waals surface area contributed by atoms with Crippen LogP contribution in [-0.2, 0) is 0 Å². The first-order valence-electron chi connectivity index (χ1n) is 11.7. The molecule has 4 heterocycles. The number of para-hydroxylation sites is 1. The molecule has 33 heavy (non-hydrogen) atoms. The van der Waals surface area contributed by atoms with Gasteiger partial charge in [0, 0.05) is 39.3 Å². The van der Waals surface area contributed by atoms with E-state index in [1.807, 2.05) is 24.0 Å². The summed E-state index contributed by atoms with van der Waals surface area (Å²) in [7, 11) is 0. The number of fused-ring (bicyclic) bond motifs is 1. The first kappa shape index (κ1) is 22.1. The van der Waals surface area contributed by atoms with Crippen LogP contribution in [0.2, 0.25) is 0 Å². The molecule has 1 aromatic carbocycles. The molecule has 1 amide bonds. The molecule has 174 valence electrons. The third-order valence-electron chi connectivity index (χ3n) is 6.83. The summed E-state index contributed by atoms with van der Waals surface area (Å²) in [6, 6.07) is 6.93. The van der Waals surface area contributed by atoms with Gasteiger partial charge in [0.1, 0.15) is 22.8 Å². The van der Waals surface area contributed by atoms with Gasteiger partial charge in [-0.05, 0) is 42.9 Å². The number of halogens is 1. The second kappa shape index (κ2) is 8.89. The zero-order valence-corrected chi connectivity index (χ0v) is 20.2. The van der Waals surface area contributed by atoms with Crippen LogP contribution in [0.3, 0.4) is 0 Å². The number of carbonyl (C=O) groups is 1. The number of piperidine rings is 1. The molecule has 5 rings (SSSR count). The molecular weight excluding hydrogens is 437 g/mol. The Morgan fingerprint density at radius 1 is 1.03 bits per heavy atom. The number of piperazine rings is 1. The van der Waals surface area contributed by atoms with Crippen LogP contribution in [0.15, 0.2) is 30.6 Å². The summed E-state index contributed by atoms with van der Waals surface area (Å²) in [5.41, 5.74) is 1.62. The SMILES string of the molecule is Cc1c(C(=O)N2CC(C)CC(C)C2)sc2ncnc(N3CCN(c4ccccc4F)CC3)c12. The highest BCUT2D eigenvalue weighted by Crippen LogP contribution is 2.37. The lowest BCUT2D eigenvalue weighted by Crippen LogP contribution is -2.47. The van der Waals surface area contributed by atoms with Crippen molar-refractivity contribution >= 4 is 39.0 Å². The maximum absolute atomic E-state index is 14.2. The molecule has 3 aromatic rings. The highest BCUT2D eigenvalue weighted by atomic mass is 32.1. The Morgan fingerprint density at radius 2 is 1.70 bits per heavy atom. The van der Waals surface area contributed by atoms with Gasteiger partial charge in [-0.15, -0.1) is 11.3 Å². The van der Waals surface area contributed by atoms with Gasteiger partial charge in [0.05, 0.1) is 16.0 Å². The number of aryl methyl sites for hydroxylation is 1. The van der Waals surface area contributed by atoms with Crippen molar-refractivity contribution in [3.8, 4) is 0 Å². The van der Waals surface area contributed by atoms with Gasteiger partial charge < -0.3 is 14.7 Å². The third kappa shape index (κ3) is 4.16. The van der Waals surface area contributed by atoms with Gasteiger partial charge in [-0.2, -0.15) is 0 Å². The molecule has 8 heteroatoms. The van der Waals surface area contributed by atoms with E-state index in [9.17, 15) is 9.18 Å². The van der Waals surface area contributed by atoms with Crippen molar-refractivity contribution < 1.29 is 9.18 Å². The molecule has 2 saturated heterocycles. The van der Waals surface area contributed by atoms with Crippen LogP contribution in [0.4, 0.5) is 15.9 Å². The quantitative estimate of drug-likeness (QED) is 0.564. The number of hydrogen-bond acceptors (Lipinski definition) is 6. The lowest BCUT2D eigenvalue weighted by Gasteiger charge is -2.37. The molecule has 0 aliphatic carbocycles. The van der Waals surface area contributed by atoms with E-state index in [0.29, 0.717) is 30.6 Å². The van der Waals surface area contributed by atoms with E-state index in [1.165, 1.54) is 23.8 Å². The number of carbonyl (C=O) groups excluding carboxylic acids is 1. The number of hydrogen-bond donors (Lipinski definition) is 0. The highest BCUT2D eigenvalue weighted by molar-refractivity contribution is 7.20.